The average Bonchev–Trinajstić information content (AvgIpc) is 3.21. The van der Waals surface area contributed by atoms with Gasteiger partial charge in [0.25, 0.3) is 5.56 Å². The number of nitrogens with one attached hydrogen (secondary N) is 2. The second-order valence-electron chi connectivity index (χ2n) is 8.25. The van der Waals surface area contributed by atoms with Crippen LogP contribution in [0.5, 0.6) is 0 Å². The van der Waals surface area contributed by atoms with Crippen molar-refractivity contribution in [2.24, 2.45) is 0 Å². The monoisotopic (exact) mass is 459 g/mol. The van der Waals surface area contributed by atoms with E-state index in [1.165, 1.54) is 4.57 Å². The number of anilines is 1. The molecule has 1 aliphatic rings. The van der Waals surface area contributed by atoms with Crippen molar-refractivity contribution < 1.29 is 4.79 Å². The number of amides is 2. The van der Waals surface area contributed by atoms with E-state index in [2.05, 4.69) is 20.3 Å². The minimum Gasteiger partial charge on any atom is -0.324 e. The Morgan fingerprint density at radius 2 is 1.88 bits per heavy atom. The zero-order chi connectivity index (χ0) is 23.7. The lowest BCUT2D eigenvalue weighted by atomic mass is 10.0. The lowest BCUT2D eigenvalue weighted by Crippen LogP contribution is -2.43. The number of carbonyl (C=O) groups is 1. The number of H-pyrrole nitrogens is 1. The Bertz CT molecular complexity index is 1450. The molecule has 4 aromatic rings. The summed E-state index contributed by atoms with van der Waals surface area (Å²) in [7, 11) is 0. The van der Waals surface area contributed by atoms with Gasteiger partial charge in [-0.15, -0.1) is 0 Å². The van der Waals surface area contributed by atoms with Crippen molar-refractivity contribution in [3.8, 4) is 11.3 Å². The van der Waals surface area contributed by atoms with Crippen LogP contribution in [0.15, 0.2) is 64.4 Å². The molecule has 0 unspecified atom stereocenters. The third-order valence-electron chi connectivity index (χ3n) is 6.22. The van der Waals surface area contributed by atoms with Gasteiger partial charge < -0.3 is 9.47 Å². The molecular weight excluding hydrogens is 434 g/mol. The quantitative estimate of drug-likeness (QED) is 0.487. The van der Waals surface area contributed by atoms with Crippen molar-refractivity contribution in [3.63, 3.8) is 0 Å². The molecule has 10 nitrogen and oxygen atoms in total. The molecule has 0 bridgehead atoms. The summed E-state index contributed by atoms with van der Waals surface area (Å²) in [5.41, 5.74) is 2.26. The van der Waals surface area contributed by atoms with Crippen LogP contribution in [0.1, 0.15) is 25.8 Å². The Morgan fingerprint density at radius 1 is 1.12 bits per heavy atom. The molecule has 0 saturated carbocycles. The first-order valence-corrected chi connectivity index (χ1v) is 11.3. The highest BCUT2D eigenvalue weighted by Gasteiger charge is 2.27. The van der Waals surface area contributed by atoms with E-state index in [1.54, 1.807) is 27.9 Å². The molecule has 10 heteroatoms. The second-order valence-corrected chi connectivity index (χ2v) is 8.25. The van der Waals surface area contributed by atoms with E-state index < -0.39 is 0 Å². The summed E-state index contributed by atoms with van der Waals surface area (Å²) in [5.74, 6) is 0.00856. The number of rotatable bonds is 4. The van der Waals surface area contributed by atoms with E-state index in [-0.39, 0.29) is 29.1 Å². The number of hydrogen-bond donors (Lipinski definition) is 2. The van der Waals surface area contributed by atoms with Gasteiger partial charge in [-0.05, 0) is 31.9 Å². The maximum atomic E-state index is 13.0. The van der Waals surface area contributed by atoms with Gasteiger partial charge in [0, 0.05) is 43.6 Å². The molecule has 1 aliphatic heterocycles. The number of likely N-dealkylation sites (tertiary alicyclic amines) is 1. The van der Waals surface area contributed by atoms with E-state index in [9.17, 15) is 14.4 Å². The van der Waals surface area contributed by atoms with Crippen LogP contribution >= 0.6 is 0 Å². The normalized spacial score (nSPS) is 14.4. The first-order chi connectivity index (χ1) is 16.5. The van der Waals surface area contributed by atoms with Gasteiger partial charge in [-0.2, -0.15) is 0 Å². The van der Waals surface area contributed by atoms with Crippen LogP contribution in [0, 0.1) is 0 Å². The van der Waals surface area contributed by atoms with Gasteiger partial charge in [0.15, 0.2) is 5.65 Å². The Balaban J connectivity index is 1.32. The maximum Gasteiger partial charge on any atom is 0.327 e. The van der Waals surface area contributed by atoms with Gasteiger partial charge >= 0.3 is 11.7 Å². The number of aromatic nitrogens is 5. The summed E-state index contributed by atoms with van der Waals surface area (Å²) in [4.78, 5) is 51.3. The highest BCUT2D eigenvalue weighted by molar-refractivity contribution is 5.88. The Hall–Kier alpha value is -4.21. The van der Waals surface area contributed by atoms with Gasteiger partial charge in [0.2, 0.25) is 5.82 Å². The molecule has 1 saturated heterocycles. The first-order valence-electron chi connectivity index (χ1n) is 11.3. The number of nitrogens with zero attached hydrogens (tertiary/aromatic N) is 5. The number of pyridine rings is 1. The van der Waals surface area contributed by atoms with Crippen molar-refractivity contribution in [3.05, 3.63) is 75.7 Å². The summed E-state index contributed by atoms with van der Waals surface area (Å²) in [5, 5.41) is 2.71. The Labute approximate surface area is 194 Å². The molecule has 5 rings (SSSR count). The zero-order valence-electron chi connectivity index (χ0n) is 18.8. The number of carbonyl (C=O) groups excluding carboxylic acids is 1. The number of fused-ring (bicyclic) bond motifs is 1. The van der Waals surface area contributed by atoms with Gasteiger partial charge in [-0.3, -0.25) is 19.7 Å². The SMILES string of the molecule is CCn1cc(-c2ccccc2)nc(NC(=O)N2CCC(n3c(=O)[nH]c4ncccc43)CC2)c1=O. The lowest BCUT2D eigenvalue weighted by molar-refractivity contribution is 0.184. The van der Waals surface area contributed by atoms with Crippen LogP contribution in [-0.4, -0.2) is 48.1 Å². The molecule has 1 fully saturated rings. The summed E-state index contributed by atoms with van der Waals surface area (Å²) in [6, 6.07) is 12.8. The molecule has 2 amide bonds. The number of piperidine rings is 1. The van der Waals surface area contributed by atoms with Crippen LogP contribution in [0.4, 0.5) is 10.6 Å². The molecular formula is C24H25N7O3. The fraction of sp³-hybridized carbons (Fsp3) is 0.292. The van der Waals surface area contributed by atoms with Gasteiger partial charge in [0.1, 0.15) is 0 Å². The average molecular weight is 460 g/mol. The number of benzene rings is 1. The summed E-state index contributed by atoms with van der Waals surface area (Å²) in [6.07, 6.45) is 4.58. The maximum absolute atomic E-state index is 13.0. The third-order valence-corrected chi connectivity index (χ3v) is 6.22. The minimum absolute atomic E-state index is 0.00856. The topological polar surface area (TPSA) is 118 Å². The molecule has 3 aromatic heterocycles. The molecule has 0 atom stereocenters. The van der Waals surface area contributed by atoms with Crippen molar-refractivity contribution >= 4 is 23.0 Å². The molecule has 4 heterocycles. The smallest absolute Gasteiger partial charge is 0.324 e. The summed E-state index contributed by atoms with van der Waals surface area (Å²) in [6.45, 7) is 3.24. The predicted molar refractivity (Wildman–Crippen MR) is 129 cm³/mol. The van der Waals surface area contributed by atoms with Crippen LogP contribution in [-0.2, 0) is 6.54 Å². The summed E-state index contributed by atoms with van der Waals surface area (Å²) >= 11 is 0. The van der Waals surface area contributed by atoms with Gasteiger partial charge in [-0.25, -0.2) is 19.6 Å². The standard InChI is InChI=1S/C24H25N7O3/c1-2-29-15-18(16-7-4-3-5-8-16)26-21(22(29)32)28-23(33)30-13-10-17(11-14-30)31-19-9-6-12-25-20(19)27-24(31)34/h3-9,12,15,17H,2,10-11,13-14H2,1H3,(H,25,27,34)(H,26,28,33). The summed E-state index contributed by atoms with van der Waals surface area (Å²) < 4.78 is 3.26. The highest BCUT2D eigenvalue weighted by Crippen LogP contribution is 2.25. The molecule has 2 N–H and O–H groups in total. The van der Waals surface area contributed by atoms with Crippen LogP contribution in [0.2, 0.25) is 0 Å². The van der Waals surface area contributed by atoms with Crippen molar-refractivity contribution in [1.29, 1.82) is 0 Å². The van der Waals surface area contributed by atoms with Crippen molar-refractivity contribution in [2.45, 2.75) is 32.4 Å². The van der Waals surface area contributed by atoms with E-state index in [4.69, 9.17) is 0 Å². The Kier molecular flexibility index (Phi) is 5.70. The molecule has 1 aromatic carbocycles. The highest BCUT2D eigenvalue weighted by atomic mass is 16.2. The molecule has 0 radical (unpaired) electrons. The number of hydrogen-bond acceptors (Lipinski definition) is 5. The zero-order valence-corrected chi connectivity index (χ0v) is 18.8. The first kappa shape index (κ1) is 21.6. The number of imidazole rings is 1. The van der Waals surface area contributed by atoms with Crippen LogP contribution in [0.3, 0.4) is 0 Å². The fourth-order valence-corrected chi connectivity index (χ4v) is 4.43. The van der Waals surface area contributed by atoms with Crippen molar-refractivity contribution in [2.75, 3.05) is 18.4 Å². The second kappa shape index (κ2) is 8.97. The van der Waals surface area contributed by atoms with Gasteiger partial charge in [-0.1, -0.05) is 30.3 Å². The van der Waals surface area contributed by atoms with Gasteiger partial charge in [0.05, 0.1) is 11.2 Å². The Morgan fingerprint density at radius 3 is 2.62 bits per heavy atom. The molecule has 34 heavy (non-hydrogen) atoms. The predicted octanol–water partition coefficient (Wildman–Crippen LogP) is 2.84. The van der Waals surface area contributed by atoms with E-state index in [1.807, 2.05) is 43.3 Å². The lowest BCUT2D eigenvalue weighted by Gasteiger charge is -2.32. The molecule has 0 spiro atoms. The molecule has 174 valence electrons. The minimum atomic E-state index is -0.371. The van der Waals surface area contributed by atoms with Crippen LogP contribution in [0.25, 0.3) is 22.4 Å². The van der Waals surface area contributed by atoms with E-state index >= 15 is 0 Å². The van der Waals surface area contributed by atoms with E-state index in [0.29, 0.717) is 43.8 Å². The number of aryl methyl sites for hydroxylation is 1. The molecule has 0 aliphatic carbocycles. The van der Waals surface area contributed by atoms with E-state index in [0.717, 1.165) is 11.1 Å². The third kappa shape index (κ3) is 3.98. The van der Waals surface area contributed by atoms with Crippen LogP contribution < -0.4 is 16.6 Å². The number of aromatic amines is 1. The number of urea groups is 1. The van der Waals surface area contributed by atoms with Crippen molar-refractivity contribution in [1.82, 2.24) is 29.0 Å². The largest absolute Gasteiger partial charge is 0.327 e. The fourth-order valence-electron chi connectivity index (χ4n) is 4.43.